The van der Waals surface area contributed by atoms with Crippen LogP contribution in [0.1, 0.15) is 0 Å². The Morgan fingerprint density at radius 1 is 0.667 bits per heavy atom. The Kier molecular flexibility index (Phi) is 2.26. The molecular weight excluding hydrogens is 131 g/mol. The van der Waals surface area contributed by atoms with E-state index in [4.69, 9.17) is 21.0 Å². The molecule has 0 saturated carbocycles. The Morgan fingerprint density at radius 2 is 0.889 bits per heavy atom. The molecule has 0 atom stereocenters. The van der Waals surface area contributed by atoms with Gasteiger partial charge in [-0.1, -0.05) is 0 Å². The quantitative estimate of drug-likeness (QED) is 0.421. The zero-order valence-electron chi connectivity index (χ0n) is 4.37. The molecule has 0 spiro atoms. The molecule has 0 aromatic heterocycles. The summed E-state index contributed by atoms with van der Waals surface area (Å²) in [6.45, 7) is 0. The molecule has 0 bridgehead atoms. The van der Waals surface area contributed by atoms with Gasteiger partial charge in [-0.2, -0.15) is 0 Å². The zero-order chi connectivity index (χ0) is 7.33. The van der Waals surface area contributed by atoms with E-state index in [0.29, 0.717) is 0 Å². The lowest BCUT2D eigenvalue weighted by Crippen LogP contribution is -2.26. The Morgan fingerprint density at radius 3 is 0.889 bits per heavy atom. The number of hydrogen-bond acceptors (Lipinski definition) is 4. The summed E-state index contributed by atoms with van der Waals surface area (Å²) in [4.78, 5) is 5.79. The Balaban J connectivity index is 4.84. The van der Waals surface area contributed by atoms with Gasteiger partial charge in [-0.05, 0) is 0 Å². The predicted molar refractivity (Wildman–Crippen MR) is 28.2 cm³/mol. The molecule has 0 aromatic carbocycles. The van der Waals surface area contributed by atoms with Crippen LogP contribution >= 0.6 is 0 Å². The lowest BCUT2D eigenvalue weighted by atomic mass is 11.6. The third kappa shape index (κ3) is 1.19. The summed E-state index contributed by atoms with van der Waals surface area (Å²) in [6, 6.07) is 0. The average Bonchev–Trinajstić information content (AvgIpc) is 1.95. The summed E-state index contributed by atoms with van der Waals surface area (Å²) < 4.78 is 0. The second kappa shape index (κ2) is 2.72. The summed E-state index contributed by atoms with van der Waals surface area (Å²) in [5, 5.41) is 32.5. The highest BCUT2D eigenvalue weighted by atomic mass is 27.2. The number of nitrogens with zero attached hydrogens (tertiary/aromatic N) is 4. The van der Waals surface area contributed by atoms with Crippen molar-refractivity contribution in [2.45, 2.75) is 0 Å². The summed E-state index contributed by atoms with van der Waals surface area (Å²) in [6.07, 6.45) is 0. The lowest BCUT2D eigenvalue weighted by Gasteiger charge is -1.92. The van der Waals surface area contributed by atoms with Crippen LogP contribution in [0.15, 0.2) is 0 Å². The molecule has 0 heterocycles. The van der Waals surface area contributed by atoms with Crippen LogP contribution in [-0.4, -0.2) is 13.1 Å². The van der Waals surface area contributed by atoms with Crippen LogP contribution in [0.3, 0.4) is 0 Å². The molecule has 0 aromatic rings. The minimum absolute atomic E-state index is 1.45. The van der Waals surface area contributed by atoms with Gasteiger partial charge in [0.05, 0.1) is 0 Å². The number of nitriles is 4. The van der Waals surface area contributed by atoms with E-state index in [2.05, 4.69) is 0 Å². The third-order valence-electron chi connectivity index (χ3n) is 0.775. The lowest BCUT2D eigenvalue weighted by molar-refractivity contribution is 1.50. The van der Waals surface area contributed by atoms with Crippen LogP contribution in [0.4, 0.5) is 0 Å². The molecule has 0 aliphatic heterocycles. The van der Waals surface area contributed by atoms with E-state index in [-0.39, 0.29) is 0 Å². The smallest absolute Gasteiger partial charge is 0.257 e. The first-order valence-corrected chi connectivity index (χ1v) is 4.36. The third-order valence-corrected chi connectivity index (χ3v) is 2.32. The molecule has 5 heteroatoms. The minimum atomic E-state index is -3.74. The first-order valence-electron chi connectivity index (χ1n) is 2.05. The molecule has 40 valence electrons. The number of rotatable bonds is 0. The molecular formula is C4AlN4-. The fourth-order valence-corrected chi connectivity index (χ4v) is 0.520. The maximum Gasteiger partial charge on any atom is 0.598 e. The van der Waals surface area contributed by atoms with Gasteiger partial charge in [-0.3, -0.25) is 21.0 Å². The van der Waals surface area contributed by atoms with E-state index in [0.717, 1.165) is 0 Å². The summed E-state index contributed by atoms with van der Waals surface area (Å²) in [5.41, 5.74) is 0. The van der Waals surface area contributed by atoms with Gasteiger partial charge in [-0.15, -0.1) is 19.7 Å². The van der Waals surface area contributed by atoms with E-state index in [1.54, 1.807) is 0 Å². The van der Waals surface area contributed by atoms with Crippen molar-refractivity contribution in [2.24, 2.45) is 0 Å². The van der Waals surface area contributed by atoms with Crippen molar-refractivity contribution in [3.05, 3.63) is 0 Å². The SMILES string of the molecule is N#[C][Al-]([C]#N)([C]#N)[C]#N. The molecule has 0 radical (unpaired) electrons. The van der Waals surface area contributed by atoms with Crippen molar-refractivity contribution in [1.82, 2.24) is 0 Å². The predicted octanol–water partition coefficient (Wildman–Crippen LogP) is -0.314. The van der Waals surface area contributed by atoms with E-state index in [1.165, 1.54) is 19.7 Å². The normalized spacial score (nSPS) is 7.56. The summed E-state index contributed by atoms with van der Waals surface area (Å²) in [5.74, 6) is 0. The Labute approximate surface area is 54.4 Å². The standard InChI is InChI=1S/4CN.Al/c4*1-2;/q;;;;-1. The van der Waals surface area contributed by atoms with Gasteiger partial charge >= 0.3 is 13.1 Å². The van der Waals surface area contributed by atoms with Crippen molar-refractivity contribution >= 4 is 13.1 Å². The molecule has 0 saturated heterocycles. The van der Waals surface area contributed by atoms with Crippen molar-refractivity contribution in [2.75, 3.05) is 0 Å². The minimum Gasteiger partial charge on any atom is -0.257 e. The number of hydrogen-bond donors (Lipinski definition) is 0. The van der Waals surface area contributed by atoms with Crippen LogP contribution < -0.4 is 0 Å². The van der Waals surface area contributed by atoms with Crippen LogP contribution in [0.5, 0.6) is 0 Å². The van der Waals surface area contributed by atoms with Crippen LogP contribution in [0, 0.1) is 40.8 Å². The van der Waals surface area contributed by atoms with Gasteiger partial charge in [0.15, 0.2) is 0 Å². The molecule has 0 fully saturated rings. The largest absolute Gasteiger partial charge is 0.598 e. The second-order valence-electron chi connectivity index (χ2n) is 1.38. The van der Waals surface area contributed by atoms with Crippen LogP contribution in [0.25, 0.3) is 0 Å². The van der Waals surface area contributed by atoms with Crippen LogP contribution in [-0.2, 0) is 0 Å². The summed E-state index contributed by atoms with van der Waals surface area (Å²) in [7, 11) is 0. The molecule has 0 N–H and O–H groups in total. The molecule has 0 amide bonds. The average molecular weight is 131 g/mol. The van der Waals surface area contributed by atoms with Gasteiger partial charge in [0.25, 0.3) is 0 Å². The van der Waals surface area contributed by atoms with Gasteiger partial charge in [0.1, 0.15) is 0 Å². The van der Waals surface area contributed by atoms with E-state index >= 15 is 0 Å². The maximum absolute atomic E-state index is 8.13. The van der Waals surface area contributed by atoms with E-state index < -0.39 is 13.1 Å². The topological polar surface area (TPSA) is 95.2 Å². The van der Waals surface area contributed by atoms with Crippen LogP contribution in [0.2, 0.25) is 0 Å². The molecule has 0 rings (SSSR count). The fraction of sp³-hybridized carbons (Fsp3) is 0. The van der Waals surface area contributed by atoms with Crippen molar-refractivity contribution in [1.29, 1.82) is 21.0 Å². The Hall–Kier alpha value is -1.51. The molecule has 0 aliphatic carbocycles. The molecule has 0 unspecified atom stereocenters. The van der Waals surface area contributed by atoms with Gasteiger partial charge in [0, 0.05) is 0 Å². The monoisotopic (exact) mass is 131 g/mol. The van der Waals surface area contributed by atoms with Gasteiger partial charge < -0.3 is 0 Å². The highest BCUT2D eigenvalue weighted by Crippen LogP contribution is 1.92. The van der Waals surface area contributed by atoms with Crippen molar-refractivity contribution < 1.29 is 0 Å². The van der Waals surface area contributed by atoms with Gasteiger partial charge in [0.2, 0.25) is 0 Å². The van der Waals surface area contributed by atoms with E-state index in [1.807, 2.05) is 0 Å². The summed E-state index contributed by atoms with van der Waals surface area (Å²) >= 11 is -3.74. The van der Waals surface area contributed by atoms with Crippen molar-refractivity contribution in [3.63, 3.8) is 0 Å². The highest BCUT2D eigenvalue weighted by molar-refractivity contribution is 7.05. The van der Waals surface area contributed by atoms with Gasteiger partial charge in [-0.25, -0.2) is 0 Å². The molecule has 0 aliphatic rings. The maximum atomic E-state index is 8.13. The highest BCUT2D eigenvalue weighted by Gasteiger charge is 2.32. The molecule has 4 nitrogen and oxygen atoms in total. The fourth-order valence-electron chi connectivity index (χ4n) is 0.173. The molecule has 9 heavy (non-hydrogen) atoms. The van der Waals surface area contributed by atoms with E-state index in [9.17, 15) is 0 Å². The van der Waals surface area contributed by atoms with Crippen molar-refractivity contribution in [3.8, 4) is 19.7 Å². The first-order chi connectivity index (χ1) is 4.24. The first kappa shape index (κ1) is 7.49. The Bertz CT molecular complexity index is 205. The zero-order valence-corrected chi connectivity index (χ0v) is 5.52. The second-order valence-corrected chi connectivity index (χ2v) is 4.15.